The molecule has 0 saturated heterocycles. The number of rotatable bonds is 1. The van der Waals surface area contributed by atoms with Crippen molar-refractivity contribution in [1.82, 2.24) is 4.57 Å². The number of benzene rings is 2. The van der Waals surface area contributed by atoms with E-state index >= 15 is 0 Å². The molecule has 0 unspecified atom stereocenters. The minimum Gasteiger partial charge on any atom is -0.351 e. The predicted octanol–water partition coefficient (Wildman–Crippen LogP) is 4.10. The Bertz CT molecular complexity index is 882. The van der Waals surface area contributed by atoms with Gasteiger partial charge in [-0.15, -0.1) is 0 Å². The van der Waals surface area contributed by atoms with E-state index in [9.17, 15) is 4.79 Å². The molecule has 0 bridgehead atoms. The van der Waals surface area contributed by atoms with Gasteiger partial charge >= 0.3 is 0 Å². The topological polar surface area (TPSA) is 25.2 Å². The van der Waals surface area contributed by atoms with E-state index in [0.29, 0.717) is 6.54 Å². The zero-order valence-corrected chi connectivity index (χ0v) is 13.1. The number of carbonyl (C=O) groups is 1. The summed E-state index contributed by atoms with van der Waals surface area (Å²) in [5.41, 5.74) is 3.99. The van der Waals surface area contributed by atoms with Crippen molar-refractivity contribution in [2.45, 2.75) is 6.54 Å². The molecule has 104 valence electrons. The van der Waals surface area contributed by atoms with Gasteiger partial charge in [-0.2, -0.15) is 0 Å². The lowest BCUT2D eigenvalue weighted by Crippen LogP contribution is -2.22. The number of anilines is 1. The SMILES string of the molecule is Cn1ccc2cc(N3Cc4cc(Br)ccc4C3=O)ccc21. The van der Waals surface area contributed by atoms with Crippen LogP contribution in [0.25, 0.3) is 10.9 Å². The van der Waals surface area contributed by atoms with Gasteiger partial charge in [0.15, 0.2) is 0 Å². The van der Waals surface area contributed by atoms with Crippen LogP contribution in [-0.4, -0.2) is 10.5 Å². The molecule has 0 aliphatic carbocycles. The number of fused-ring (bicyclic) bond motifs is 2. The number of aryl methyl sites for hydroxylation is 1. The zero-order chi connectivity index (χ0) is 14.6. The van der Waals surface area contributed by atoms with Gasteiger partial charge in [0.05, 0.1) is 6.54 Å². The first-order valence-corrected chi connectivity index (χ1v) is 7.58. The standard InChI is InChI=1S/C17H13BrN2O/c1-19-7-6-11-9-14(3-5-16(11)19)20-10-12-8-13(18)2-4-15(12)17(20)21/h2-9H,10H2,1H3. The summed E-state index contributed by atoms with van der Waals surface area (Å²) in [6, 6.07) is 14.1. The van der Waals surface area contributed by atoms with Crippen LogP contribution in [0.4, 0.5) is 5.69 Å². The second-order valence-electron chi connectivity index (χ2n) is 5.36. The maximum absolute atomic E-state index is 12.6. The van der Waals surface area contributed by atoms with Gasteiger partial charge in [0, 0.05) is 39.9 Å². The Morgan fingerprint density at radius 2 is 1.95 bits per heavy atom. The van der Waals surface area contributed by atoms with Crippen LogP contribution in [-0.2, 0) is 13.6 Å². The average molecular weight is 341 g/mol. The second-order valence-corrected chi connectivity index (χ2v) is 6.28. The first kappa shape index (κ1) is 12.7. The number of halogens is 1. The smallest absolute Gasteiger partial charge is 0.258 e. The second kappa shape index (κ2) is 4.46. The molecule has 0 fully saturated rings. The van der Waals surface area contributed by atoms with Crippen LogP contribution in [0, 0.1) is 0 Å². The summed E-state index contributed by atoms with van der Waals surface area (Å²) >= 11 is 3.46. The molecule has 0 radical (unpaired) electrons. The van der Waals surface area contributed by atoms with Crippen LogP contribution in [0.15, 0.2) is 53.1 Å². The Kier molecular flexibility index (Phi) is 2.69. The van der Waals surface area contributed by atoms with Crippen molar-refractivity contribution in [1.29, 1.82) is 0 Å². The number of hydrogen-bond donors (Lipinski definition) is 0. The van der Waals surface area contributed by atoms with Crippen molar-refractivity contribution < 1.29 is 4.79 Å². The Morgan fingerprint density at radius 1 is 1.10 bits per heavy atom. The van der Waals surface area contributed by atoms with Crippen molar-refractivity contribution in [2.24, 2.45) is 7.05 Å². The molecule has 3 aromatic rings. The van der Waals surface area contributed by atoms with Crippen LogP contribution in [0.3, 0.4) is 0 Å². The Hall–Kier alpha value is -2.07. The first-order valence-electron chi connectivity index (χ1n) is 6.79. The van der Waals surface area contributed by atoms with Gasteiger partial charge in [0.2, 0.25) is 0 Å². The van der Waals surface area contributed by atoms with Crippen LogP contribution in [0.1, 0.15) is 15.9 Å². The van der Waals surface area contributed by atoms with Gasteiger partial charge in [-0.1, -0.05) is 15.9 Å². The molecule has 21 heavy (non-hydrogen) atoms. The lowest BCUT2D eigenvalue weighted by molar-refractivity contribution is 0.0996. The highest BCUT2D eigenvalue weighted by atomic mass is 79.9. The van der Waals surface area contributed by atoms with E-state index in [4.69, 9.17) is 0 Å². The molecular formula is C17H13BrN2O. The van der Waals surface area contributed by atoms with Gasteiger partial charge in [-0.25, -0.2) is 0 Å². The lowest BCUT2D eigenvalue weighted by Gasteiger charge is -2.16. The molecular weight excluding hydrogens is 328 g/mol. The number of nitrogens with zero attached hydrogens (tertiary/aromatic N) is 2. The maximum atomic E-state index is 12.6. The summed E-state index contributed by atoms with van der Waals surface area (Å²) in [4.78, 5) is 14.4. The third kappa shape index (κ3) is 1.90. The molecule has 4 rings (SSSR count). The van der Waals surface area contributed by atoms with Gasteiger partial charge in [0.1, 0.15) is 0 Å². The van der Waals surface area contributed by atoms with Crippen molar-refractivity contribution in [3.05, 3.63) is 64.3 Å². The zero-order valence-electron chi connectivity index (χ0n) is 11.5. The summed E-state index contributed by atoms with van der Waals surface area (Å²) < 4.78 is 3.09. The maximum Gasteiger partial charge on any atom is 0.258 e. The molecule has 1 aromatic heterocycles. The van der Waals surface area contributed by atoms with E-state index in [0.717, 1.165) is 26.7 Å². The van der Waals surface area contributed by atoms with E-state index in [1.165, 1.54) is 5.52 Å². The highest BCUT2D eigenvalue weighted by molar-refractivity contribution is 9.10. The molecule has 0 N–H and O–H groups in total. The molecule has 0 saturated carbocycles. The van der Waals surface area contributed by atoms with E-state index in [1.54, 1.807) is 0 Å². The highest BCUT2D eigenvalue weighted by Gasteiger charge is 2.28. The molecule has 1 aliphatic rings. The summed E-state index contributed by atoms with van der Waals surface area (Å²) in [5, 5.41) is 1.15. The summed E-state index contributed by atoms with van der Waals surface area (Å²) in [6.45, 7) is 0.631. The monoisotopic (exact) mass is 340 g/mol. The van der Waals surface area contributed by atoms with Gasteiger partial charge in [-0.05, 0) is 48.0 Å². The minimum absolute atomic E-state index is 0.0766. The van der Waals surface area contributed by atoms with Crippen LogP contribution < -0.4 is 4.90 Å². The fraction of sp³-hybridized carbons (Fsp3) is 0.118. The highest BCUT2D eigenvalue weighted by Crippen LogP contribution is 2.31. The molecule has 0 spiro atoms. The average Bonchev–Trinajstić information content (AvgIpc) is 3.00. The predicted molar refractivity (Wildman–Crippen MR) is 87.6 cm³/mol. The molecule has 2 aromatic carbocycles. The first-order chi connectivity index (χ1) is 10.1. The van der Waals surface area contributed by atoms with Crippen molar-refractivity contribution in [3.63, 3.8) is 0 Å². The lowest BCUT2D eigenvalue weighted by atomic mass is 10.1. The van der Waals surface area contributed by atoms with Crippen molar-refractivity contribution >= 4 is 38.4 Å². The van der Waals surface area contributed by atoms with Crippen LogP contribution >= 0.6 is 15.9 Å². The quantitative estimate of drug-likeness (QED) is 0.654. The largest absolute Gasteiger partial charge is 0.351 e. The van der Waals surface area contributed by atoms with Gasteiger partial charge in [0.25, 0.3) is 5.91 Å². The molecule has 4 heteroatoms. The minimum atomic E-state index is 0.0766. The van der Waals surface area contributed by atoms with Gasteiger partial charge in [-0.3, -0.25) is 4.79 Å². The summed E-state index contributed by atoms with van der Waals surface area (Å²) in [5.74, 6) is 0.0766. The van der Waals surface area contributed by atoms with E-state index < -0.39 is 0 Å². The summed E-state index contributed by atoms with van der Waals surface area (Å²) in [7, 11) is 2.02. The summed E-state index contributed by atoms with van der Waals surface area (Å²) in [6.07, 6.45) is 2.03. The normalized spacial score (nSPS) is 14.0. The van der Waals surface area contributed by atoms with Crippen molar-refractivity contribution in [2.75, 3.05) is 4.90 Å². The number of carbonyl (C=O) groups excluding carboxylic acids is 1. The third-order valence-electron chi connectivity index (χ3n) is 4.05. The molecule has 1 aliphatic heterocycles. The fourth-order valence-corrected chi connectivity index (χ4v) is 3.34. The van der Waals surface area contributed by atoms with Crippen LogP contribution in [0.5, 0.6) is 0 Å². The Balaban J connectivity index is 1.78. The number of aromatic nitrogens is 1. The molecule has 3 nitrogen and oxygen atoms in total. The Morgan fingerprint density at radius 3 is 2.81 bits per heavy atom. The molecule has 0 atom stereocenters. The number of hydrogen-bond acceptors (Lipinski definition) is 1. The van der Waals surface area contributed by atoms with E-state index in [1.807, 2.05) is 42.4 Å². The Labute approximate surface area is 130 Å². The molecule has 1 amide bonds. The van der Waals surface area contributed by atoms with Crippen molar-refractivity contribution in [3.8, 4) is 0 Å². The molecule has 2 heterocycles. The third-order valence-corrected chi connectivity index (χ3v) is 4.55. The van der Waals surface area contributed by atoms with E-state index in [-0.39, 0.29) is 5.91 Å². The van der Waals surface area contributed by atoms with E-state index in [2.05, 4.69) is 38.7 Å². The number of amides is 1. The van der Waals surface area contributed by atoms with Gasteiger partial charge < -0.3 is 9.47 Å². The van der Waals surface area contributed by atoms with Crippen LogP contribution in [0.2, 0.25) is 0 Å². The fourth-order valence-electron chi connectivity index (χ4n) is 2.93.